The normalized spacial score (nSPS) is 24.9. The van der Waals surface area contributed by atoms with Gasteiger partial charge in [-0.3, -0.25) is 4.79 Å². The summed E-state index contributed by atoms with van der Waals surface area (Å²) in [5.74, 6) is 0.197. The fourth-order valence-electron chi connectivity index (χ4n) is 1.88. The van der Waals surface area contributed by atoms with E-state index in [0.29, 0.717) is 6.42 Å². The minimum atomic E-state index is -1.10. The number of rotatable bonds is 3. The number of Topliss-reactive ketones (excluding diaryl/α,β-unsaturated/α-hetero) is 1. The van der Waals surface area contributed by atoms with E-state index in [4.69, 9.17) is 9.16 Å². The molecule has 1 rings (SSSR count). The molecule has 0 amide bonds. The quantitative estimate of drug-likeness (QED) is 0.693. The monoisotopic (exact) mass is 230 g/mol. The molecule has 0 spiro atoms. The molecular formula is C11H22O3Si. The SMILES string of the molecule is C[SiH](C)OC([C@@H]1CC(=O)CO1)C(C)(C)C. The predicted octanol–water partition coefficient (Wildman–Crippen LogP) is 1.76. The molecule has 0 aromatic rings. The summed E-state index contributed by atoms with van der Waals surface area (Å²) in [5, 5.41) is 0. The lowest BCUT2D eigenvalue weighted by Gasteiger charge is -2.36. The Morgan fingerprint density at radius 3 is 2.40 bits per heavy atom. The number of carbonyl (C=O) groups excluding carboxylic acids is 1. The molecule has 0 radical (unpaired) electrons. The number of ether oxygens (including phenoxy) is 1. The van der Waals surface area contributed by atoms with E-state index in [-0.39, 0.29) is 30.0 Å². The number of carbonyl (C=O) groups is 1. The standard InChI is InChI=1S/C11H22O3Si/c1-11(2,3)10(14-15(4)5)9-6-8(12)7-13-9/h9-10,15H,6-7H2,1-5H3/t9-,10?/m0/s1. The smallest absolute Gasteiger partial charge is 0.171 e. The van der Waals surface area contributed by atoms with Gasteiger partial charge in [0.05, 0.1) is 12.2 Å². The maximum absolute atomic E-state index is 11.2. The molecule has 2 atom stereocenters. The van der Waals surface area contributed by atoms with E-state index in [0.717, 1.165) is 0 Å². The maximum atomic E-state index is 11.2. The van der Waals surface area contributed by atoms with Gasteiger partial charge in [0.25, 0.3) is 0 Å². The molecule has 4 heteroatoms. The van der Waals surface area contributed by atoms with E-state index in [1.165, 1.54) is 0 Å². The predicted molar refractivity (Wildman–Crippen MR) is 62.6 cm³/mol. The second kappa shape index (κ2) is 4.76. The van der Waals surface area contributed by atoms with Crippen LogP contribution in [0.3, 0.4) is 0 Å². The minimum Gasteiger partial charge on any atom is -0.414 e. The zero-order valence-corrected chi connectivity index (χ0v) is 11.5. The average molecular weight is 230 g/mol. The Kier molecular flexibility index (Phi) is 4.09. The average Bonchev–Trinajstić information content (AvgIpc) is 2.45. The fourth-order valence-corrected chi connectivity index (χ4v) is 3.05. The first-order valence-corrected chi connectivity index (χ1v) is 8.37. The lowest BCUT2D eigenvalue weighted by Crippen LogP contribution is -2.42. The van der Waals surface area contributed by atoms with Crippen molar-refractivity contribution in [1.82, 2.24) is 0 Å². The van der Waals surface area contributed by atoms with Crippen molar-refractivity contribution in [3.05, 3.63) is 0 Å². The first kappa shape index (κ1) is 12.9. The Balaban J connectivity index is 2.68. The molecule has 1 unspecified atom stereocenters. The van der Waals surface area contributed by atoms with Gasteiger partial charge in [0.1, 0.15) is 6.61 Å². The highest BCUT2D eigenvalue weighted by Crippen LogP contribution is 2.30. The molecule has 0 N–H and O–H groups in total. The van der Waals surface area contributed by atoms with Crippen LogP contribution in [0.2, 0.25) is 13.1 Å². The van der Waals surface area contributed by atoms with Crippen molar-refractivity contribution in [2.24, 2.45) is 5.41 Å². The van der Waals surface area contributed by atoms with Crippen LogP contribution in [0.4, 0.5) is 0 Å². The van der Waals surface area contributed by atoms with Crippen LogP contribution in [-0.2, 0) is 14.0 Å². The van der Waals surface area contributed by atoms with Crippen molar-refractivity contribution in [3.63, 3.8) is 0 Å². The number of hydrogen-bond donors (Lipinski definition) is 0. The van der Waals surface area contributed by atoms with Crippen molar-refractivity contribution in [2.75, 3.05) is 6.61 Å². The van der Waals surface area contributed by atoms with E-state index in [9.17, 15) is 4.79 Å². The minimum absolute atomic E-state index is 0.0343. The van der Waals surface area contributed by atoms with Gasteiger partial charge in [0.2, 0.25) is 0 Å². The highest BCUT2D eigenvalue weighted by Gasteiger charge is 2.38. The first-order valence-electron chi connectivity index (χ1n) is 5.59. The molecule has 1 fully saturated rings. The van der Waals surface area contributed by atoms with Crippen LogP contribution in [0.1, 0.15) is 27.2 Å². The van der Waals surface area contributed by atoms with Gasteiger partial charge in [-0.05, 0) is 18.5 Å². The van der Waals surface area contributed by atoms with Crippen molar-refractivity contribution >= 4 is 14.8 Å². The third-order valence-electron chi connectivity index (χ3n) is 2.50. The van der Waals surface area contributed by atoms with E-state index in [1.54, 1.807) is 0 Å². The molecule has 1 heterocycles. The molecular weight excluding hydrogens is 208 g/mol. The summed E-state index contributed by atoms with van der Waals surface area (Å²) in [5.41, 5.74) is 0.0343. The maximum Gasteiger partial charge on any atom is 0.171 e. The van der Waals surface area contributed by atoms with Gasteiger partial charge >= 0.3 is 0 Å². The van der Waals surface area contributed by atoms with E-state index >= 15 is 0 Å². The second-order valence-corrected chi connectivity index (χ2v) is 7.93. The number of hydrogen-bond acceptors (Lipinski definition) is 3. The Hall–Kier alpha value is -0.193. The zero-order valence-electron chi connectivity index (χ0n) is 10.4. The Morgan fingerprint density at radius 2 is 2.07 bits per heavy atom. The molecule has 88 valence electrons. The highest BCUT2D eigenvalue weighted by atomic mass is 28.3. The van der Waals surface area contributed by atoms with Gasteiger partial charge in [-0.2, -0.15) is 0 Å². The van der Waals surface area contributed by atoms with Gasteiger partial charge in [-0.15, -0.1) is 0 Å². The topological polar surface area (TPSA) is 35.5 Å². The van der Waals surface area contributed by atoms with Crippen molar-refractivity contribution in [1.29, 1.82) is 0 Å². The Morgan fingerprint density at radius 1 is 1.47 bits per heavy atom. The molecule has 1 aliphatic rings. The molecule has 0 aromatic carbocycles. The Labute approximate surface area is 93.9 Å². The molecule has 1 aliphatic heterocycles. The fraction of sp³-hybridized carbons (Fsp3) is 0.909. The molecule has 1 saturated heterocycles. The van der Waals surface area contributed by atoms with E-state index in [2.05, 4.69) is 33.9 Å². The van der Waals surface area contributed by atoms with Crippen LogP contribution < -0.4 is 0 Å². The summed E-state index contributed by atoms with van der Waals surface area (Å²) in [6.07, 6.45) is 0.534. The van der Waals surface area contributed by atoms with Crippen LogP contribution in [0.15, 0.2) is 0 Å². The van der Waals surface area contributed by atoms with Gasteiger partial charge in [-0.25, -0.2) is 0 Å². The summed E-state index contributed by atoms with van der Waals surface area (Å²) in [7, 11) is -1.10. The lowest BCUT2D eigenvalue weighted by molar-refractivity contribution is -0.117. The highest BCUT2D eigenvalue weighted by molar-refractivity contribution is 6.48. The summed E-state index contributed by atoms with van der Waals surface area (Å²) in [6, 6.07) is 0. The molecule has 0 aliphatic carbocycles. The summed E-state index contributed by atoms with van der Waals surface area (Å²) >= 11 is 0. The van der Waals surface area contributed by atoms with Crippen LogP contribution in [-0.4, -0.2) is 33.6 Å². The summed E-state index contributed by atoms with van der Waals surface area (Å²) in [6.45, 7) is 11.0. The van der Waals surface area contributed by atoms with Crippen molar-refractivity contribution in [2.45, 2.75) is 52.5 Å². The molecule has 3 nitrogen and oxygen atoms in total. The third kappa shape index (κ3) is 3.70. The third-order valence-corrected chi connectivity index (χ3v) is 3.33. The number of ketones is 1. The zero-order chi connectivity index (χ0) is 11.6. The largest absolute Gasteiger partial charge is 0.414 e. The first-order chi connectivity index (χ1) is 6.80. The summed E-state index contributed by atoms with van der Waals surface area (Å²) < 4.78 is 11.5. The second-order valence-electron chi connectivity index (χ2n) is 5.56. The van der Waals surface area contributed by atoms with Crippen LogP contribution >= 0.6 is 0 Å². The van der Waals surface area contributed by atoms with Gasteiger partial charge in [-0.1, -0.05) is 20.8 Å². The molecule has 0 saturated carbocycles. The van der Waals surface area contributed by atoms with Crippen LogP contribution in [0, 0.1) is 5.41 Å². The lowest BCUT2D eigenvalue weighted by atomic mass is 9.85. The van der Waals surface area contributed by atoms with E-state index < -0.39 is 9.04 Å². The van der Waals surface area contributed by atoms with Crippen molar-refractivity contribution in [3.8, 4) is 0 Å². The molecule has 0 aromatic heterocycles. The molecule has 15 heavy (non-hydrogen) atoms. The summed E-state index contributed by atoms with van der Waals surface area (Å²) in [4.78, 5) is 11.2. The van der Waals surface area contributed by atoms with Gasteiger partial charge in [0.15, 0.2) is 14.8 Å². The Bertz CT molecular complexity index is 232. The molecule has 0 bridgehead atoms. The van der Waals surface area contributed by atoms with Crippen LogP contribution in [0.5, 0.6) is 0 Å². The van der Waals surface area contributed by atoms with Gasteiger partial charge in [0, 0.05) is 6.42 Å². The van der Waals surface area contributed by atoms with E-state index in [1.807, 2.05) is 0 Å². The van der Waals surface area contributed by atoms with Crippen molar-refractivity contribution < 1.29 is 14.0 Å². The van der Waals surface area contributed by atoms with Crippen LogP contribution in [0.25, 0.3) is 0 Å². The van der Waals surface area contributed by atoms with Gasteiger partial charge < -0.3 is 9.16 Å².